The number of hydrogen-bond acceptors (Lipinski definition) is 7. The van der Waals surface area contributed by atoms with Crippen LogP contribution in [-0.2, 0) is 12.8 Å². The maximum atomic E-state index is 9.47. The molecule has 8 heteroatoms. The van der Waals surface area contributed by atoms with Crippen molar-refractivity contribution in [2.45, 2.75) is 31.0 Å². The highest BCUT2D eigenvalue weighted by Gasteiger charge is 2.13. The van der Waals surface area contributed by atoms with Crippen LogP contribution in [0.25, 0.3) is 11.0 Å². The minimum atomic E-state index is -0.363. The number of hydrazine groups is 1. The van der Waals surface area contributed by atoms with Crippen molar-refractivity contribution in [2.75, 3.05) is 5.43 Å². The molecule has 19 heavy (non-hydrogen) atoms. The number of aliphatic hydroxyl groups is 1. The number of fused-ring (bicyclic) bond motifs is 1. The first-order chi connectivity index (χ1) is 9.02. The van der Waals surface area contributed by atoms with Gasteiger partial charge < -0.3 is 10.5 Å². The lowest BCUT2D eigenvalue weighted by atomic mass is 10.3. The largest absolute Gasteiger partial charge is 0.392 e. The summed E-state index contributed by atoms with van der Waals surface area (Å²) in [5.74, 6) is 7.32. The number of nitrogens with two attached hydrogens (primary N) is 1. The van der Waals surface area contributed by atoms with E-state index >= 15 is 0 Å². The molecular formula is C11H18N6OS. The van der Waals surface area contributed by atoms with E-state index in [4.69, 9.17) is 5.84 Å². The Bertz CT molecular complexity index is 570. The molecule has 0 bridgehead atoms. The summed E-state index contributed by atoms with van der Waals surface area (Å²) < 4.78 is 1.68. The van der Waals surface area contributed by atoms with Crippen molar-refractivity contribution in [3.05, 3.63) is 12.0 Å². The Hall–Kier alpha value is -1.38. The van der Waals surface area contributed by atoms with Gasteiger partial charge in [0.05, 0.1) is 23.4 Å². The number of anilines is 1. The summed E-state index contributed by atoms with van der Waals surface area (Å²) in [7, 11) is 1.82. The number of nitrogen functional groups attached to an aromatic ring is 1. The SMILES string of the molecule is CC(O)C(C)SCc1nc(NN)c2cnn(C)c2n1. The number of nitrogens with one attached hydrogen (secondary N) is 1. The lowest BCUT2D eigenvalue weighted by molar-refractivity contribution is 0.196. The smallest absolute Gasteiger partial charge is 0.163 e. The van der Waals surface area contributed by atoms with Crippen molar-refractivity contribution in [2.24, 2.45) is 12.9 Å². The molecule has 0 saturated carbocycles. The Morgan fingerprint density at radius 1 is 1.47 bits per heavy atom. The van der Waals surface area contributed by atoms with Gasteiger partial charge in [0.2, 0.25) is 0 Å². The molecule has 104 valence electrons. The average molecular weight is 282 g/mol. The first-order valence-electron chi connectivity index (χ1n) is 5.97. The summed E-state index contributed by atoms with van der Waals surface area (Å²) in [5.41, 5.74) is 3.31. The standard InChI is InChI=1S/C11H18N6OS/c1-6(18)7(2)19-5-9-14-10(16-12)8-4-13-17(3)11(8)15-9/h4,6-7,18H,5,12H2,1-3H3,(H,14,15,16). The van der Waals surface area contributed by atoms with Crippen LogP contribution in [0.1, 0.15) is 19.7 Å². The van der Waals surface area contributed by atoms with Gasteiger partial charge in [-0.2, -0.15) is 5.10 Å². The van der Waals surface area contributed by atoms with Crippen LogP contribution in [0.15, 0.2) is 6.20 Å². The first-order valence-corrected chi connectivity index (χ1v) is 7.02. The predicted molar refractivity (Wildman–Crippen MR) is 76.6 cm³/mol. The molecule has 0 aliphatic rings. The Labute approximate surface area is 115 Å². The Morgan fingerprint density at radius 3 is 2.84 bits per heavy atom. The third-order valence-electron chi connectivity index (χ3n) is 2.93. The van der Waals surface area contributed by atoms with E-state index in [2.05, 4.69) is 20.5 Å². The summed E-state index contributed by atoms with van der Waals surface area (Å²) in [6.45, 7) is 3.75. The molecule has 0 fully saturated rings. The van der Waals surface area contributed by atoms with Crippen LogP contribution in [0.5, 0.6) is 0 Å². The van der Waals surface area contributed by atoms with E-state index in [0.717, 1.165) is 11.0 Å². The molecule has 0 aliphatic carbocycles. The number of aromatic nitrogens is 4. The molecule has 4 N–H and O–H groups in total. The van der Waals surface area contributed by atoms with Crippen molar-refractivity contribution in [3.63, 3.8) is 0 Å². The lowest BCUT2D eigenvalue weighted by Crippen LogP contribution is -2.16. The highest BCUT2D eigenvalue weighted by Crippen LogP contribution is 2.23. The van der Waals surface area contributed by atoms with E-state index in [9.17, 15) is 5.11 Å². The maximum Gasteiger partial charge on any atom is 0.163 e. The van der Waals surface area contributed by atoms with Gasteiger partial charge in [-0.15, -0.1) is 11.8 Å². The lowest BCUT2D eigenvalue weighted by Gasteiger charge is -2.13. The topological polar surface area (TPSA) is 102 Å². The summed E-state index contributed by atoms with van der Waals surface area (Å²) in [5, 5.41) is 14.5. The Morgan fingerprint density at radius 2 is 2.21 bits per heavy atom. The van der Waals surface area contributed by atoms with E-state index in [-0.39, 0.29) is 11.4 Å². The van der Waals surface area contributed by atoms with Gasteiger partial charge in [0.25, 0.3) is 0 Å². The average Bonchev–Trinajstić information content (AvgIpc) is 2.77. The fourth-order valence-electron chi connectivity index (χ4n) is 1.59. The van der Waals surface area contributed by atoms with Gasteiger partial charge in [-0.05, 0) is 6.92 Å². The van der Waals surface area contributed by atoms with Gasteiger partial charge in [-0.1, -0.05) is 6.92 Å². The van der Waals surface area contributed by atoms with E-state index in [1.54, 1.807) is 29.6 Å². The highest BCUT2D eigenvalue weighted by atomic mass is 32.2. The van der Waals surface area contributed by atoms with Crippen LogP contribution in [-0.4, -0.2) is 36.2 Å². The molecule has 2 rings (SSSR count). The molecule has 0 aliphatic heterocycles. The van der Waals surface area contributed by atoms with Crippen molar-refractivity contribution in [1.82, 2.24) is 19.7 Å². The molecule has 0 amide bonds. The third-order valence-corrected chi connectivity index (χ3v) is 4.27. The molecule has 0 radical (unpaired) electrons. The van der Waals surface area contributed by atoms with E-state index in [1.807, 2.05) is 14.0 Å². The number of hydrogen-bond donors (Lipinski definition) is 3. The zero-order chi connectivity index (χ0) is 14.0. The van der Waals surface area contributed by atoms with Crippen molar-refractivity contribution >= 4 is 28.6 Å². The maximum absolute atomic E-state index is 9.47. The van der Waals surface area contributed by atoms with Crippen LogP contribution in [0.2, 0.25) is 0 Å². The zero-order valence-corrected chi connectivity index (χ0v) is 12.0. The van der Waals surface area contributed by atoms with Crippen LogP contribution in [0.3, 0.4) is 0 Å². The number of thioether (sulfide) groups is 1. The molecular weight excluding hydrogens is 264 g/mol. The van der Waals surface area contributed by atoms with Crippen LogP contribution >= 0.6 is 11.8 Å². The van der Waals surface area contributed by atoms with Gasteiger partial charge in [0.15, 0.2) is 11.5 Å². The zero-order valence-electron chi connectivity index (χ0n) is 11.2. The highest BCUT2D eigenvalue weighted by molar-refractivity contribution is 7.99. The van der Waals surface area contributed by atoms with Crippen molar-refractivity contribution in [1.29, 1.82) is 0 Å². The molecule has 2 atom stereocenters. The van der Waals surface area contributed by atoms with Gasteiger partial charge in [0, 0.05) is 12.3 Å². The van der Waals surface area contributed by atoms with Gasteiger partial charge >= 0.3 is 0 Å². The summed E-state index contributed by atoms with van der Waals surface area (Å²) in [6.07, 6.45) is 1.32. The summed E-state index contributed by atoms with van der Waals surface area (Å²) in [4.78, 5) is 8.83. The van der Waals surface area contributed by atoms with Crippen LogP contribution in [0, 0.1) is 0 Å². The van der Waals surface area contributed by atoms with Crippen LogP contribution < -0.4 is 11.3 Å². The summed E-state index contributed by atoms with van der Waals surface area (Å²) in [6, 6.07) is 0. The normalized spacial score (nSPS) is 14.6. The fraction of sp³-hybridized carbons (Fsp3) is 0.545. The second kappa shape index (κ2) is 5.72. The monoisotopic (exact) mass is 282 g/mol. The van der Waals surface area contributed by atoms with E-state index in [0.29, 0.717) is 17.4 Å². The molecule has 0 spiro atoms. The minimum absolute atomic E-state index is 0.125. The molecule has 2 heterocycles. The minimum Gasteiger partial charge on any atom is -0.392 e. The van der Waals surface area contributed by atoms with Gasteiger partial charge in [-0.25, -0.2) is 15.8 Å². The Kier molecular flexibility index (Phi) is 4.23. The summed E-state index contributed by atoms with van der Waals surface area (Å²) >= 11 is 1.60. The first kappa shape index (κ1) is 14.0. The number of nitrogens with zero attached hydrogens (tertiary/aromatic N) is 4. The quantitative estimate of drug-likeness (QED) is 0.546. The molecule has 0 saturated heterocycles. The fourth-order valence-corrected chi connectivity index (χ4v) is 2.41. The van der Waals surface area contributed by atoms with E-state index < -0.39 is 0 Å². The van der Waals surface area contributed by atoms with Crippen molar-refractivity contribution in [3.8, 4) is 0 Å². The molecule has 2 unspecified atom stereocenters. The second-order valence-electron chi connectivity index (χ2n) is 4.39. The van der Waals surface area contributed by atoms with Gasteiger partial charge in [0.1, 0.15) is 5.82 Å². The predicted octanol–water partition coefficient (Wildman–Crippen LogP) is 0.651. The number of aryl methyl sites for hydroxylation is 1. The number of rotatable bonds is 5. The second-order valence-corrected chi connectivity index (χ2v) is 5.76. The molecule has 0 aromatic carbocycles. The molecule has 2 aromatic heterocycles. The van der Waals surface area contributed by atoms with Crippen molar-refractivity contribution < 1.29 is 5.11 Å². The number of aliphatic hydroxyl groups excluding tert-OH is 1. The van der Waals surface area contributed by atoms with Gasteiger partial charge in [-0.3, -0.25) is 4.68 Å². The molecule has 2 aromatic rings. The molecule has 7 nitrogen and oxygen atoms in total. The van der Waals surface area contributed by atoms with Crippen LogP contribution in [0.4, 0.5) is 5.82 Å². The van der Waals surface area contributed by atoms with E-state index in [1.165, 1.54) is 0 Å². The Balaban J connectivity index is 2.26. The third kappa shape index (κ3) is 2.96.